The van der Waals surface area contributed by atoms with Crippen molar-refractivity contribution in [3.63, 3.8) is 0 Å². The van der Waals surface area contributed by atoms with E-state index in [4.69, 9.17) is 4.74 Å². The fourth-order valence-corrected chi connectivity index (χ4v) is 3.60. The number of nitrogens with zero attached hydrogens (tertiary/aromatic N) is 4. The highest BCUT2D eigenvalue weighted by atomic mass is 16.5. The topological polar surface area (TPSA) is 72.3 Å². The Hall–Kier alpha value is -3.19. The van der Waals surface area contributed by atoms with Gasteiger partial charge < -0.3 is 15.0 Å². The van der Waals surface area contributed by atoms with E-state index in [0.29, 0.717) is 25.3 Å². The minimum atomic E-state index is -0.120. The van der Waals surface area contributed by atoms with Gasteiger partial charge in [-0.25, -0.2) is 4.98 Å². The van der Waals surface area contributed by atoms with Crippen LogP contribution in [0.2, 0.25) is 0 Å². The Morgan fingerprint density at radius 3 is 2.59 bits per heavy atom. The predicted octanol–water partition coefficient (Wildman–Crippen LogP) is 2.68. The molecule has 1 unspecified atom stereocenters. The lowest BCUT2D eigenvalue weighted by atomic mass is 10.0. The molecular formula is C22H25N5O2. The number of aryl methyl sites for hydroxylation is 1. The maximum absolute atomic E-state index is 13.2. The van der Waals surface area contributed by atoms with Crippen LogP contribution in [0.4, 0.5) is 5.69 Å². The monoisotopic (exact) mass is 391 g/mol. The summed E-state index contributed by atoms with van der Waals surface area (Å²) < 4.78 is 7.24. The summed E-state index contributed by atoms with van der Waals surface area (Å²) in [6.45, 7) is 3.61. The highest BCUT2D eigenvalue weighted by Crippen LogP contribution is 2.24. The zero-order chi connectivity index (χ0) is 19.9. The molecule has 3 aromatic rings. The first-order chi connectivity index (χ1) is 14.3. The van der Waals surface area contributed by atoms with Gasteiger partial charge in [-0.15, -0.1) is 0 Å². The molecule has 1 saturated heterocycles. The van der Waals surface area contributed by atoms with Gasteiger partial charge in [-0.3, -0.25) is 9.48 Å². The van der Waals surface area contributed by atoms with Crippen LogP contribution in [0, 0.1) is 0 Å². The van der Waals surface area contributed by atoms with Crippen LogP contribution >= 0.6 is 0 Å². The molecule has 2 heterocycles. The number of rotatable bonds is 7. The Bertz CT molecular complexity index is 908. The number of anilines is 1. The van der Waals surface area contributed by atoms with Crippen molar-refractivity contribution in [3.05, 3.63) is 78.4 Å². The molecular weight excluding hydrogens is 366 g/mol. The Kier molecular flexibility index (Phi) is 6.16. The molecule has 1 atom stereocenters. The summed E-state index contributed by atoms with van der Waals surface area (Å²) in [4.78, 5) is 19.5. The van der Waals surface area contributed by atoms with Crippen LogP contribution in [0.1, 0.15) is 28.4 Å². The van der Waals surface area contributed by atoms with Gasteiger partial charge in [0, 0.05) is 25.3 Å². The third-order valence-electron chi connectivity index (χ3n) is 5.12. The number of para-hydroxylation sites is 1. The van der Waals surface area contributed by atoms with E-state index < -0.39 is 0 Å². The van der Waals surface area contributed by atoms with Crippen LogP contribution in [-0.2, 0) is 11.3 Å². The minimum absolute atomic E-state index is 0.0699. The highest BCUT2D eigenvalue weighted by molar-refractivity contribution is 6.00. The summed E-state index contributed by atoms with van der Waals surface area (Å²) in [5, 5.41) is 7.40. The van der Waals surface area contributed by atoms with Crippen LogP contribution in [-0.4, -0.2) is 47.0 Å². The van der Waals surface area contributed by atoms with Crippen molar-refractivity contribution in [3.8, 4) is 0 Å². The molecule has 150 valence electrons. The van der Waals surface area contributed by atoms with Crippen molar-refractivity contribution in [2.75, 3.05) is 31.2 Å². The molecule has 0 bridgehead atoms. The molecule has 7 nitrogen and oxygen atoms in total. The lowest BCUT2D eigenvalue weighted by molar-refractivity contribution is 0.0932. The zero-order valence-electron chi connectivity index (χ0n) is 16.3. The van der Waals surface area contributed by atoms with Crippen LogP contribution in [0.3, 0.4) is 0 Å². The minimum Gasteiger partial charge on any atom is -0.378 e. The molecule has 1 fully saturated rings. The quantitative estimate of drug-likeness (QED) is 0.670. The smallest absolute Gasteiger partial charge is 0.253 e. The summed E-state index contributed by atoms with van der Waals surface area (Å²) in [6.07, 6.45) is 3.94. The van der Waals surface area contributed by atoms with E-state index in [0.717, 1.165) is 30.8 Å². The van der Waals surface area contributed by atoms with Crippen LogP contribution in [0.5, 0.6) is 0 Å². The average Bonchev–Trinajstić information content (AvgIpc) is 3.31. The molecule has 7 heteroatoms. The normalized spacial score (nSPS) is 15.1. The van der Waals surface area contributed by atoms with Gasteiger partial charge in [0.25, 0.3) is 5.91 Å². The van der Waals surface area contributed by atoms with E-state index in [1.807, 2.05) is 54.6 Å². The Morgan fingerprint density at radius 2 is 1.83 bits per heavy atom. The lowest BCUT2D eigenvalue weighted by Gasteiger charge is -2.30. The largest absolute Gasteiger partial charge is 0.378 e. The van der Waals surface area contributed by atoms with E-state index in [1.165, 1.54) is 6.33 Å². The highest BCUT2D eigenvalue weighted by Gasteiger charge is 2.21. The number of aromatic nitrogens is 3. The number of hydrogen-bond acceptors (Lipinski definition) is 5. The van der Waals surface area contributed by atoms with Crippen LogP contribution in [0.25, 0.3) is 0 Å². The van der Waals surface area contributed by atoms with Crippen LogP contribution < -0.4 is 10.2 Å². The standard InChI is InChI=1S/C22H25N5O2/c28-22(19-8-4-5-9-21(19)26-12-14-29-15-13-26)25-20(18-6-2-1-3-7-18)10-11-27-17-23-16-24-27/h1-9,16-17,20H,10-15H2,(H,25,28). The molecule has 0 saturated carbocycles. The zero-order valence-corrected chi connectivity index (χ0v) is 16.3. The van der Waals surface area contributed by atoms with Crippen molar-refractivity contribution < 1.29 is 9.53 Å². The maximum atomic E-state index is 13.2. The molecule has 0 aliphatic carbocycles. The summed E-state index contributed by atoms with van der Waals surface area (Å²) in [7, 11) is 0. The molecule has 1 N–H and O–H groups in total. The van der Waals surface area contributed by atoms with E-state index in [1.54, 1.807) is 11.0 Å². The second-order valence-corrected chi connectivity index (χ2v) is 7.00. The Labute approximate surface area is 170 Å². The fourth-order valence-electron chi connectivity index (χ4n) is 3.60. The molecule has 1 amide bonds. The Morgan fingerprint density at radius 1 is 1.07 bits per heavy atom. The number of carbonyl (C=O) groups is 1. The van der Waals surface area contributed by atoms with Gasteiger partial charge in [0.05, 0.1) is 24.8 Å². The number of hydrogen-bond donors (Lipinski definition) is 1. The summed E-state index contributed by atoms with van der Waals surface area (Å²) >= 11 is 0. The summed E-state index contributed by atoms with van der Waals surface area (Å²) in [6, 6.07) is 17.7. The molecule has 0 radical (unpaired) electrons. The van der Waals surface area contributed by atoms with E-state index in [9.17, 15) is 4.79 Å². The number of nitrogens with one attached hydrogen (secondary N) is 1. The SMILES string of the molecule is O=C(NC(CCn1cncn1)c1ccccc1)c1ccccc1N1CCOCC1. The molecule has 1 aromatic heterocycles. The maximum Gasteiger partial charge on any atom is 0.253 e. The lowest BCUT2D eigenvalue weighted by Crippen LogP contribution is -2.38. The third kappa shape index (κ3) is 4.81. The van der Waals surface area contributed by atoms with Crippen LogP contribution in [0.15, 0.2) is 67.3 Å². The first-order valence-electron chi connectivity index (χ1n) is 9.91. The number of ether oxygens (including phenoxy) is 1. The summed E-state index contributed by atoms with van der Waals surface area (Å²) in [5.74, 6) is -0.0699. The van der Waals surface area contributed by atoms with Gasteiger partial charge >= 0.3 is 0 Å². The average molecular weight is 391 g/mol. The summed E-state index contributed by atoms with van der Waals surface area (Å²) in [5.41, 5.74) is 2.72. The molecule has 4 rings (SSSR count). The van der Waals surface area contributed by atoms with Crippen molar-refractivity contribution in [2.45, 2.75) is 19.0 Å². The van der Waals surface area contributed by atoms with Gasteiger partial charge in [-0.2, -0.15) is 5.10 Å². The fraction of sp³-hybridized carbons (Fsp3) is 0.318. The van der Waals surface area contributed by atoms with Crippen molar-refractivity contribution in [1.82, 2.24) is 20.1 Å². The predicted molar refractivity (Wildman–Crippen MR) is 111 cm³/mol. The van der Waals surface area contributed by atoms with Gasteiger partial charge in [-0.05, 0) is 24.1 Å². The molecule has 2 aromatic carbocycles. The number of morpholine rings is 1. The first kappa shape index (κ1) is 19.1. The van der Waals surface area contributed by atoms with Gasteiger partial charge in [0.1, 0.15) is 12.7 Å². The molecule has 29 heavy (non-hydrogen) atoms. The third-order valence-corrected chi connectivity index (χ3v) is 5.12. The van der Waals surface area contributed by atoms with E-state index in [-0.39, 0.29) is 11.9 Å². The van der Waals surface area contributed by atoms with Gasteiger partial charge in [0.15, 0.2) is 0 Å². The van der Waals surface area contributed by atoms with Crippen molar-refractivity contribution >= 4 is 11.6 Å². The number of amides is 1. The second-order valence-electron chi connectivity index (χ2n) is 7.00. The van der Waals surface area contributed by atoms with E-state index >= 15 is 0 Å². The second kappa shape index (κ2) is 9.34. The van der Waals surface area contributed by atoms with Gasteiger partial charge in [0.2, 0.25) is 0 Å². The van der Waals surface area contributed by atoms with Crippen molar-refractivity contribution in [2.24, 2.45) is 0 Å². The molecule has 0 spiro atoms. The molecule has 1 aliphatic rings. The molecule has 1 aliphatic heterocycles. The Balaban J connectivity index is 1.53. The van der Waals surface area contributed by atoms with Gasteiger partial charge in [-0.1, -0.05) is 42.5 Å². The number of benzene rings is 2. The van der Waals surface area contributed by atoms with Crippen molar-refractivity contribution in [1.29, 1.82) is 0 Å². The number of carbonyl (C=O) groups excluding carboxylic acids is 1. The van der Waals surface area contributed by atoms with E-state index in [2.05, 4.69) is 20.3 Å². The first-order valence-corrected chi connectivity index (χ1v) is 9.91.